The Morgan fingerprint density at radius 3 is 2.87 bits per heavy atom. The lowest BCUT2D eigenvalue weighted by atomic mass is 9.73. The van der Waals surface area contributed by atoms with Gasteiger partial charge in [-0.15, -0.1) is 0 Å². The van der Waals surface area contributed by atoms with Gasteiger partial charge in [0, 0.05) is 0 Å². The Labute approximate surface area is 92.1 Å². The van der Waals surface area contributed by atoms with Crippen LogP contribution in [0.25, 0.3) is 0 Å². The highest BCUT2D eigenvalue weighted by Crippen LogP contribution is 2.43. The van der Waals surface area contributed by atoms with E-state index in [0.717, 1.165) is 25.7 Å². The maximum atomic E-state index is 10.6. The second kappa shape index (κ2) is 3.97. The molecule has 2 rings (SSSR count). The molecule has 2 unspecified atom stereocenters. The summed E-state index contributed by atoms with van der Waals surface area (Å²) < 4.78 is 0. The molecule has 1 aliphatic carbocycles. The van der Waals surface area contributed by atoms with Crippen LogP contribution in [0.2, 0.25) is 0 Å². The number of fused-ring (bicyclic) bond motifs is 1. The molecule has 0 bridgehead atoms. The summed E-state index contributed by atoms with van der Waals surface area (Å²) in [7, 11) is 0. The third-order valence-corrected chi connectivity index (χ3v) is 3.65. The minimum Gasteiger partial charge on any atom is -0.385 e. The summed E-state index contributed by atoms with van der Waals surface area (Å²) in [4.78, 5) is 0. The monoisotopic (exact) mass is 204 g/mol. The molecule has 0 aromatic heterocycles. The topological polar surface area (TPSA) is 20.2 Å². The van der Waals surface area contributed by atoms with Crippen LogP contribution in [-0.4, -0.2) is 5.11 Å². The van der Waals surface area contributed by atoms with Gasteiger partial charge < -0.3 is 5.11 Å². The molecule has 1 aliphatic rings. The Hall–Kier alpha value is -0.820. The Morgan fingerprint density at radius 1 is 1.40 bits per heavy atom. The molecule has 0 saturated carbocycles. The molecule has 0 amide bonds. The Balaban J connectivity index is 2.44. The van der Waals surface area contributed by atoms with Gasteiger partial charge >= 0.3 is 0 Å². The van der Waals surface area contributed by atoms with Gasteiger partial charge in [0.25, 0.3) is 0 Å². The van der Waals surface area contributed by atoms with Gasteiger partial charge in [-0.3, -0.25) is 0 Å². The van der Waals surface area contributed by atoms with E-state index >= 15 is 0 Å². The molecule has 1 aromatic rings. The zero-order valence-electron chi connectivity index (χ0n) is 9.66. The Bertz CT molecular complexity index is 345. The van der Waals surface area contributed by atoms with E-state index in [0.29, 0.717) is 5.92 Å². The lowest BCUT2D eigenvalue weighted by molar-refractivity contribution is 0.00638. The van der Waals surface area contributed by atoms with Crippen molar-refractivity contribution in [1.29, 1.82) is 0 Å². The van der Waals surface area contributed by atoms with Crippen LogP contribution in [0.4, 0.5) is 0 Å². The van der Waals surface area contributed by atoms with Gasteiger partial charge in [-0.05, 0) is 36.3 Å². The first kappa shape index (κ1) is 10.7. The highest BCUT2D eigenvalue weighted by Gasteiger charge is 2.35. The van der Waals surface area contributed by atoms with Gasteiger partial charge in [0.15, 0.2) is 0 Å². The molecule has 0 saturated heterocycles. The van der Waals surface area contributed by atoms with E-state index < -0.39 is 5.60 Å². The van der Waals surface area contributed by atoms with Crippen LogP contribution in [0.5, 0.6) is 0 Å². The molecule has 0 fully saturated rings. The van der Waals surface area contributed by atoms with Crippen LogP contribution < -0.4 is 0 Å². The van der Waals surface area contributed by atoms with Crippen LogP contribution in [0.3, 0.4) is 0 Å². The summed E-state index contributed by atoms with van der Waals surface area (Å²) in [5.74, 6) is 0.596. The third-order valence-electron chi connectivity index (χ3n) is 3.65. The van der Waals surface area contributed by atoms with Gasteiger partial charge in [-0.2, -0.15) is 0 Å². The quantitative estimate of drug-likeness (QED) is 0.780. The summed E-state index contributed by atoms with van der Waals surface area (Å²) in [5.41, 5.74) is 1.96. The van der Waals surface area contributed by atoms with Gasteiger partial charge in [0.2, 0.25) is 0 Å². The van der Waals surface area contributed by atoms with E-state index in [1.807, 2.05) is 6.07 Å². The van der Waals surface area contributed by atoms with Crippen molar-refractivity contribution >= 4 is 0 Å². The van der Waals surface area contributed by atoms with Gasteiger partial charge in [0.1, 0.15) is 0 Å². The van der Waals surface area contributed by atoms with Crippen LogP contribution in [0, 0.1) is 0 Å². The first-order valence-corrected chi connectivity index (χ1v) is 5.99. The summed E-state index contributed by atoms with van der Waals surface area (Å²) in [6.07, 6.45) is 3.95. The van der Waals surface area contributed by atoms with E-state index in [4.69, 9.17) is 0 Å². The maximum Gasteiger partial charge on any atom is 0.0899 e. The fourth-order valence-corrected chi connectivity index (χ4v) is 2.77. The largest absolute Gasteiger partial charge is 0.385 e. The summed E-state index contributed by atoms with van der Waals surface area (Å²) in [5, 5.41) is 10.6. The molecular weight excluding hydrogens is 184 g/mol. The van der Waals surface area contributed by atoms with Crippen molar-refractivity contribution in [2.24, 2.45) is 0 Å². The molecule has 1 heteroatoms. The molecule has 82 valence electrons. The minimum atomic E-state index is -0.558. The van der Waals surface area contributed by atoms with Crippen molar-refractivity contribution in [3.63, 3.8) is 0 Å². The smallest absolute Gasteiger partial charge is 0.0899 e. The molecule has 1 nitrogen and oxygen atoms in total. The van der Waals surface area contributed by atoms with Gasteiger partial charge in [-0.1, -0.05) is 44.5 Å². The van der Waals surface area contributed by atoms with Crippen LogP contribution >= 0.6 is 0 Å². The van der Waals surface area contributed by atoms with Crippen molar-refractivity contribution in [3.8, 4) is 0 Å². The first-order chi connectivity index (χ1) is 7.17. The lowest BCUT2D eigenvalue weighted by Crippen LogP contribution is -2.31. The maximum absolute atomic E-state index is 10.6. The third kappa shape index (κ3) is 1.81. The zero-order chi connectivity index (χ0) is 10.9. The predicted octanol–water partition coefficient (Wildman–Crippen LogP) is 3.57. The van der Waals surface area contributed by atoms with Gasteiger partial charge in [0.05, 0.1) is 5.60 Å². The molecule has 0 spiro atoms. The molecule has 15 heavy (non-hydrogen) atoms. The second-order valence-electron chi connectivity index (χ2n) is 4.81. The van der Waals surface area contributed by atoms with Crippen molar-refractivity contribution in [2.45, 2.75) is 51.0 Å². The summed E-state index contributed by atoms with van der Waals surface area (Å²) >= 11 is 0. The van der Waals surface area contributed by atoms with Crippen LogP contribution in [0.15, 0.2) is 24.3 Å². The van der Waals surface area contributed by atoms with Crippen LogP contribution in [0.1, 0.15) is 56.6 Å². The summed E-state index contributed by atoms with van der Waals surface area (Å²) in [6, 6.07) is 8.38. The molecular formula is C14H20O. The molecule has 1 aromatic carbocycles. The summed E-state index contributed by atoms with van der Waals surface area (Å²) in [6.45, 7) is 4.39. The molecule has 1 N–H and O–H groups in total. The van der Waals surface area contributed by atoms with Gasteiger partial charge in [-0.25, -0.2) is 0 Å². The van der Waals surface area contributed by atoms with Crippen LogP contribution in [-0.2, 0) is 5.60 Å². The SMILES string of the molecule is CCCC1(O)CCC(C)c2ccccc21. The lowest BCUT2D eigenvalue weighted by Gasteiger charge is -2.37. The number of rotatable bonds is 2. The van der Waals surface area contributed by atoms with Crippen molar-refractivity contribution in [2.75, 3.05) is 0 Å². The van der Waals surface area contributed by atoms with E-state index in [-0.39, 0.29) is 0 Å². The van der Waals surface area contributed by atoms with E-state index in [9.17, 15) is 5.11 Å². The minimum absolute atomic E-state index is 0.558. The average molecular weight is 204 g/mol. The Morgan fingerprint density at radius 2 is 2.13 bits per heavy atom. The number of hydrogen-bond donors (Lipinski definition) is 1. The predicted molar refractivity (Wildman–Crippen MR) is 62.9 cm³/mol. The highest BCUT2D eigenvalue weighted by atomic mass is 16.3. The number of benzene rings is 1. The number of hydrogen-bond acceptors (Lipinski definition) is 1. The molecule has 0 radical (unpaired) electrons. The fraction of sp³-hybridized carbons (Fsp3) is 0.571. The van der Waals surface area contributed by atoms with E-state index in [1.165, 1.54) is 11.1 Å². The number of aliphatic hydroxyl groups is 1. The Kier molecular flexibility index (Phi) is 2.83. The molecule has 0 heterocycles. The van der Waals surface area contributed by atoms with Crippen molar-refractivity contribution in [3.05, 3.63) is 35.4 Å². The van der Waals surface area contributed by atoms with E-state index in [2.05, 4.69) is 32.0 Å². The standard InChI is InChI=1S/C14H20O/c1-3-9-14(15)10-8-11(2)12-6-4-5-7-13(12)14/h4-7,11,15H,3,8-10H2,1-2H3. The normalized spacial score (nSPS) is 29.9. The zero-order valence-corrected chi connectivity index (χ0v) is 9.66. The molecule has 0 aliphatic heterocycles. The fourth-order valence-electron chi connectivity index (χ4n) is 2.77. The van der Waals surface area contributed by atoms with Crippen molar-refractivity contribution in [1.82, 2.24) is 0 Å². The van der Waals surface area contributed by atoms with Crippen molar-refractivity contribution < 1.29 is 5.11 Å². The first-order valence-electron chi connectivity index (χ1n) is 5.99. The average Bonchev–Trinajstić information content (AvgIpc) is 2.25. The molecule has 2 atom stereocenters. The second-order valence-corrected chi connectivity index (χ2v) is 4.81. The highest BCUT2D eigenvalue weighted by molar-refractivity contribution is 5.37. The van der Waals surface area contributed by atoms with E-state index in [1.54, 1.807) is 0 Å².